The van der Waals surface area contributed by atoms with Crippen molar-refractivity contribution in [1.29, 1.82) is 0 Å². The lowest BCUT2D eigenvalue weighted by atomic mass is 10.0. The van der Waals surface area contributed by atoms with Gasteiger partial charge in [0.05, 0.1) is 13.2 Å². The zero-order valence-corrected chi connectivity index (χ0v) is 27.8. The van der Waals surface area contributed by atoms with Gasteiger partial charge in [0.15, 0.2) is 5.82 Å². The molecule has 0 aliphatic heterocycles. The Morgan fingerprint density at radius 3 is 1.96 bits per heavy atom. The Bertz CT molecular complexity index is 1610. The van der Waals surface area contributed by atoms with Crippen molar-refractivity contribution in [3.05, 3.63) is 96.3 Å². The van der Waals surface area contributed by atoms with E-state index in [-0.39, 0.29) is 6.42 Å². The third kappa shape index (κ3) is 10.7. The molecule has 0 aliphatic carbocycles. The molecule has 0 bridgehead atoms. The monoisotopic (exact) mass is 652 g/mol. The molecule has 2 atom stereocenters. The van der Waals surface area contributed by atoms with Crippen LogP contribution in [0.25, 0.3) is 22.5 Å². The largest absolute Gasteiger partial charge is 0.494 e. The summed E-state index contributed by atoms with van der Waals surface area (Å²) in [7, 11) is 0. The SMILES string of the molecule is CCCCCCCOc1ccc(-c2cnc(-c3ccc(CC(NC(=O)c4ccc(OCC)cc4)C(=O)NC(C)C(=O)O)cc3)nc2)cc1. The van der Waals surface area contributed by atoms with Crippen molar-refractivity contribution in [3.8, 4) is 34.0 Å². The number of aliphatic carboxylic acids is 1. The van der Waals surface area contributed by atoms with Crippen LogP contribution in [0.2, 0.25) is 0 Å². The minimum atomic E-state index is -1.18. The van der Waals surface area contributed by atoms with E-state index in [4.69, 9.17) is 9.47 Å². The number of carboxylic acids is 1. The average molecular weight is 653 g/mol. The zero-order chi connectivity index (χ0) is 34.3. The molecule has 0 fully saturated rings. The van der Waals surface area contributed by atoms with Crippen LogP contribution in [0, 0.1) is 0 Å². The van der Waals surface area contributed by atoms with Crippen LogP contribution in [0.1, 0.15) is 68.8 Å². The molecule has 3 N–H and O–H groups in total. The summed E-state index contributed by atoms with van der Waals surface area (Å²) in [6, 6.07) is 19.7. The molecule has 2 amide bonds. The molecule has 252 valence electrons. The van der Waals surface area contributed by atoms with Crippen LogP contribution in [0.15, 0.2) is 85.2 Å². The lowest BCUT2D eigenvalue weighted by Crippen LogP contribution is -2.51. The Balaban J connectivity index is 1.39. The highest BCUT2D eigenvalue weighted by Crippen LogP contribution is 2.24. The highest BCUT2D eigenvalue weighted by molar-refractivity contribution is 5.98. The van der Waals surface area contributed by atoms with Gasteiger partial charge in [-0.2, -0.15) is 0 Å². The molecule has 10 nitrogen and oxygen atoms in total. The van der Waals surface area contributed by atoms with Gasteiger partial charge in [0.2, 0.25) is 5.91 Å². The van der Waals surface area contributed by atoms with E-state index in [1.165, 1.54) is 32.6 Å². The molecule has 0 spiro atoms. The number of carboxylic acid groups (broad SMARTS) is 1. The molecule has 0 saturated carbocycles. The number of rotatable bonds is 18. The Kier molecular flexibility index (Phi) is 13.5. The van der Waals surface area contributed by atoms with Crippen molar-refractivity contribution in [2.75, 3.05) is 13.2 Å². The maximum atomic E-state index is 13.1. The van der Waals surface area contributed by atoms with Crippen LogP contribution in [-0.2, 0) is 16.0 Å². The van der Waals surface area contributed by atoms with E-state index in [0.717, 1.165) is 41.0 Å². The van der Waals surface area contributed by atoms with E-state index < -0.39 is 29.9 Å². The van der Waals surface area contributed by atoms with Crippen molar-refractivity contribution in [2.24, 2.45) is 0 Å². The van der Waals surface area contributed by atoms with Crippen molar-refractivity contribution in [3.63, 3.8) is 0 Å². The van der Waals surface area contributed by atoms with E-state index >= 15 is 0 Å². The fourth-order valence-corrected chi connectivity index (χ4v) is 4.99. The number of benzene rings is 3. The van der Waals surface area contributed by atoms with Crippen molar-refractivity contribution >= 4 is 17.8 Å². The molecule has 10 heteroatoms. The third-order valence-corrected chi connectivity index (χ3v) is 7.79. The third-order valence-electron chi connectivity index (χ3n) is 7.79. The number of carbonyl (C=O) groups excluding carboxylic acids is 2. The molecule has 1 heterocycles. The first-order valence-corrected chi connectivity index (χ1v) is 16.5. The summed E-state index contributed by atoms with van der Waals surface area (Å²) in [4.78, 5) is 46.6. The number of nitrogens with zero attached hydrogens (tertiary/aromatic N) is 2. The molecule has 4 rings (SSSR count). The smallest absolute Gasteiger partial charge is 0.325 e. The van der Waals surface area contributed by atoms with Gasteiger partial charge in [-0.25, -0.2) is 9.97 Å². The molecule has 0 radical (unpaired) electrons. The average Bonchev–Trinajstić information content (AvgIpc) is 3.10. The number of hydrogen-bond donors (Lipinski definition) is 3. The van der Waals surface area contributed by atoms with E-state index in [1.807, 2.05) is 55.5 Å². The van der Waals surface area contributed by atoms with Crippen LogP contribution in [-0.4, -0.2) is 58.2 Å². The molecule has 1 aromatic heterocycles. The molecule has 0 saturated heterocycles. The van der Waals surface area contributed by atoms with E-state index in [1.54, 1.807) is 36.7 Å². The van der Waals surface area contributed by atoms with Crippen LogP contribution in [0.4, 0.5) is 0 Å². The number of hydrogen-bond acceptors (Lipinski definition) is 7. The lowest BCUT2D eigenvalue weighted by Gasteiger charge is -2.20. The molecular weight excluding hydrogens is 608 g/mol. The van der Waals surface area contributed by atoms with Gasteiger partial charge in [0.1, 0.15) is 23.6 Å². The number of carbonyl (C=O) groups is 3. The molecule has 0 aliphatic rings. The summed E-state index contributed by atoms with van der Waals surface area (Å²) >= 11 is 0. The van der Waals surface area contributed by atoms with Gasteiger partial charge in [-0.3, -0.25) is 14.4 Å². The molecule has 3 aromatic carbocycles. The first-order chi connectivity index (χ1) is 23.3. The number of nitrogens with one attached hydrogen (secondary N) is 2. The number of aromatic nitrogens is 2. The van der Waals surface area contributed by atoms with E-state index in [0.29, 0.717) is 23.7 Å². The summed E-state index contributed by atoms with van der Waals surface area (Å²) < 4.78 is 11.3. The first kappa shape index (κ1) is 35.6. The fraction of sp³-hybridized carbons (Fsp3) is 0.342. The van der Waals surface area contributed by atoms with Crippen LogP contribution in [0.5, 0.6) is 11.5 Å². The van der Waals surface area contributed by atoms with Gasteiger partial charge < -0.3 is 25.2 Å². The second-order valence-corrected chi connectivity index (χ2v) is 11.5. The second kappa shape index (κ2) is 18.2. The summed E-state index contributed by atoms with van der Waals surface area (Å²) in [5.74, 6) is -0.231. The Labute approximate surface area is 281 Å². The maximum Gasteiger partial charge on any atom is 0.325 e. The second-order valence-electron chi connectivity index (χ2n) is 11.5. The van der Waals surface area contributed by atoms with Gasteiger partial charge in [-0.1, -0.05) is 69.0 Å². The zero-order valence-electron chi connectivity index (χ0n) is 27.8. The lowest BCUT2D eigenvalue weighted by molar-refractivity contribution is -0.141. The molecule has 4 aromatic rings. The van der Waals surface area contributed by atoms with E-state index in [2.05, 4.69) is 27.5 Å². The Morgan fingerprint density at radius 1 is 0.729 bits per heavy atom. The summed E-state index contributed by atoms with van der Waals surface area (Å²) in [5, 5.41) is 14.5. The van der Waals surface area contributed by atoms with Gasteiger partial charge >= 0.3 is 5.97 Å². The summed E-state index contributed by atoms with van der Waals surface area (Å²) in [6.45, 7) is 6.66. The van der Waals surface area contributed by atoms with Gasteiger partial charge in [0.25, 0.3) is 5.91 Å². The molecule has 2 unspecified atom stereocenters. The van der Waals surface area contributed by atoms with Gasteiger partial charge in [-0.05, 0) is 67.8 Å². The molecule has 48 heavy (non-hydrogen) atoms. The highest BCUT2D eigenvalue weighted by Gasteiger charge is 2.25. The van der Waals surface area contributed by atoms with E-state index in [9.17, 15) is 19.5 Å². The number of unbranched alkanes of at least 4 members (excludes halogenated alkanes) is 4. The summed E-state index contributed by atoms with van der Waals surface area (Å²) in [6.07, 6.45) is 9.69. The first-order valence-electron chi connectivity index (χ1n) is 16.5. The Morgan fingerprint density at radius 2 is 1.33 bits per heavy atom. The van der Waals surface area contributed by atoms with Crippen molar-refractivity contribution < 1.29 is 29.0 Å². The topological polar surface area (TPSA) is 140 Å². The standard InChI is InChI=1S/C38H44N4O6/c1-4-6-7-8-9-22-48-33-18-14-28(15-19-33)31-24-39-35(40-25-31)29-12-10-27(11-13-29)23-34(37(44)41-26(3)38(45)46)42-36(43)30-16-20-32(21-17-30)47-5-2/h10-21,24-26,34H,4-9,22-23H2,1-3H3,(H,41,44)(H,42,43)(H,45,46). The molecular formula is C38H44N4O6. The minimum Gasteiger partial charge on any atom is -0.494 e. The van der Waals surface area contributed by atoms with Crippen LogP contribution in [0.3, 0.4) is 0 Å². The minimum absolute atomic E-state index is 0.138. The van der Waals surface area contributed by atoms with Gasteiger partial charge in [-0.15, -0.1) is 0 Å². The quantitative estimate of drug-likeness (QED) is 0.104. The van der Waals surface area contributed by atoms with Crippen molar-refractivity contribution in [1.82, 2.24) is 20.6 Å². The van der Waals surface area contributed by atoms with Crippen molar-refractivity contribution in [2.45, 2.75) is 71.4 Å². The normalized spacial score (nSPS) is 12.1. The van der Waals surface area contributed by atoms with Crippen LogP contribution < -0.4 is 20.1 Å². The predicted molar refractivity (Wildman–Crippen MR) is 185 cm³/mol. The van der Waals surface area contributed by atoms with Gasteiger partial charge in [0, 0.05) is 35.5 Å². The predicted octanol–water partition coefficient (Wildman–Crippen LogP) is 6.49. The number of amides is 2. The van der Waals surface area contributed by atoms with Crippen LogP contribution >= 0.6 is 0 Å². The Hall–Kier alpha value is -5.25. The highest BCUT2D eigenvalue weighted by atomic mass is 16.5. The fourth-order valence-electron chi connectivity index (χ4n) is 4.99. The number of ether oxygens (including phenoxy) is 2. The maximum absolute atomic E-state index is 13.1. The summed E-state index contributed by atoms with van der Waals surface area (Å²) in [5.41, 5.74) is 3.76.